The van der Waals surface area contributed by atoms with Crippen molar-refractivity contribution in [2.45, 2.75) is 17.9 Å². The Balaban J connectivity index is 2.97. The van der Waals surface area contributed by atoms with Crippen molar-refractivity contribution < 1.29 is 8.42 Å². The van der Waals surface area contributed by atoms with Gasteiger partial charge in [0.05, 0.1) is 12.4 Å². The maximum atomic E-state index is 12.3. The van der Waals surface area contributed by atoms with E-state index in [2.05, 4.69) is 15.3 Å². The smallest absolute Gasteiger partial charge is 0.246 e. The number of rotatable bonds is 6. The van der Waals surface area contributed by atoms with Crippen molar-refractivity contribution in [2.75, 3.05) is 31.4 Å². The molecule has 1 unspecified atom stereocenters. The molecule has 6 nitrogen and oxygen atoms in total. The van der Waals surface area contributed by atoms with E-state index in [9.17, 15) is 8.42 Å². The number of thioether (sulfide) groups is 1. The van der Waals surface area contributed by atoms with Crippen LogP contribution in [0.2, 0.25) is 0 Å². The summed E-state index contributed by atoms with van der Waals surface area (Å²) in [6, 6.07) is -0.0750. The highest BCUT2D eigenvalue weighted by Crippen LogP contribution is 2.17. The Hall–Kier alpha value is -0.860. The number of hydrogen-bond donors (Lipinski definition) is 1. The molecule has 8 heteroatoms. The molecular formula is C10H18N4O2S2. The second kappa shape index (κ2) is 6.35. The third kappa shape index (κ3) is 3.33. The SMILES string of the molecule is CNc1ncc(S(=O)(=O)N(C)C(C)CSC)cn1. The molecule has 0 aliphatic heterocycles. The van der Waals surface area contributed by atoms with Gasteiger partial charge >= 0.3 is 0 Å². The molecular weight excluding hydrogens is 272 g/mol. The van der Waals surface area contributed by atoms with Crippen LogP contribution in [0.4, 0.5) is 5.95 Å². The Morgan fingerprint density at radius 3 is 2.44 bits per heavy atom. The molecule has 0 saturated heterocycles. The lowest BCUT2D eigenvalue weighted by Crippen LogP contribution is -2.36. The molecule has 0 bridgehead atoms. The third-order valence-electron chi connectivity index (χ3n) is 2.56. The predicted molar refractivity (Wildman–Crippen MR) is 74.4 cm³/mol. The summed E-state index contributed by atoms with van der Waals surface area (Å²) in [5, 5.41) is 2.74. The molecule has 1 atom stereocenters. The van der Waals surface area contributed by atoms with Crippen LogP contribution >= 0.6 is 11.8 Å². The molecule has 1 N–H and O–H groups in total. The van der Waals surface area contributed by atoms with E-state index in [-0.39, 0.29) is 10.9 Å². The molecule has 0 amide bonds. The van der Waals surface area contributed by atoms with Gasteiger partial charge in [0, 0.05) is 25.9 Å². The van der Waals surface area contributed by atoms with E-state index in [1.54, 1.807) is 25.9 Å². The first kappa shape index (κ1) is 15.2. The van der Waals surface area contributed by atoms with Crippen LogP contribution < -0.4 is 5.32 Å². The summed E-state index contributed by atoms with van der Waals surface area (Å²) in [5.41, 5.74) is 0. The van der Waals surface area contributed by atoms with Crippen molar-refractivity contribution in [3.8, 4) is 0 Å². The molecule has 0 aliphatic rings. The predicted octanol–water partition coefficient (Wildman–Crippen LogP) is 0.890. The highest BCUT2D eigenvalue weighted by molar-refractivity contribution is 7.98. The number of nitrogens with zero attached hydrogens (tertiary/aromatic N) is 3. The van der Waals surface area contributed by atoms with E-state index in [0.29, 0.717) is 5.95 Å². The van der Waals surface area contributed by atoms with Crippen molar-refractivity contribution in [2.24, 2.45) is 0 Å². The fourth-order valence-electron chi connectivity index (χ4n) is 1.33. The lowest BCUT2D eigenvalue weighted by Gasteiger charge is -2.23. The molecule has 102 valence electrons. The molecule has 18 heavy (non-hydrogen) atoms. The van der Waals surface area contributed by atoms with E-state index in [1.807, 2.05) is 13.2 Å². The van der Waals surface area contributed by atoms with Gasteiger partial charge in [-0.15, -0.1) is 0 Å². The Bertz CT molecular complexity index is 475. The molecule has 0 aromatic carbocycles. The molecule has 0 fully saturated rings. The monoisotopic (exact) mass is 290 g/mol. The number of sulfonamides is 1. The van der Waals surface area contributed by atoms with E-state index >= 15 is 0 Å². The molecule has 1 heterocycles. The largest absolute Gasteiger partial charge is 0.357 e. The standard InChI is InChI=1S/C10H18N4O2S2/c1-8(7-17-4)14(3)18(15,16)9-5-12-10(11-2)13-6-9/h5-6,8H,7H2,1-4H3,(H,11,12,13). The van der Waals surface area contributed by atoms with Gasteiger partial charge in [-0.1, -0.05) is 0 Å². The zero-order chi connectivity index (χ0) is 13.8. The average Bonchev–Trinajstić information content (AvgIpc) is 2.38. The fraction of sp³-hybridized carbons (Fsp3) is 0.600. The minimum Gasteiger partial charge on any atom is -0.357 e. The highest BCUT2D eigenvalue weighted by atomic mass is 32.2. The van der Waals surface area contributed by atoms with E-state index < -0.39 is 10.0 Å². The molecule has 1 aromatic rings. The van der Waals surface area contributed by atoms with Gasteiger partial charge in [-0.25, -0.2) is 18.4 Å². The van der Waals surface area contributed by atoms with Crippen LogP contribution in [0.25, 0.3) is 0 Å². The minimum absolute atomic E-state index is 0.0750. The summed E-state index contributed by atoms with van der Waals surface area (Å²) < 4.78 is 25.9. The van der Waals surface area contributed by atoms with Gasteiger partial charge < -0.3 is 5.32 Å². The Labute approximate surface area is 112 Å². The summed E-state index contributed by atoms with van der Waals surface area (Å²) in [6.45, 7) is 1.87. The van der Waals surface area contributed by atoms with Crippen molar-refractivity contribution in [1.29, 1.82) is 0 Å². The van der Waals surface area contributed by atoms with Crippen LogP contribution in [0, 0.1) is 0 Å². The van der Waals surface area contributed by atoms with Gasteiger partial charge in [0.1, 0.15) is 4.90 Å². The molecule has 0 spiro atoms. The van der Waals surface area contributed by atoms with E-state index in [0.717, 1.165) is 5.75 Å². The van der Waals surface area contributed by atoms with Crippen molar-refractivity contribution in [1.82, 2.24) is 14.3 Å². The number of aromatic nitrogens is 2. The van der Waals surface area contributed by atoms with Crippen LogP contribution in [0.1, 0.15) is 6.92 Å². The van der Waals surface area contributed by atoms with E-state index in [1.165, 1.54) is 16.7 Å². The lowest BCUT2D eigenvalue weighted by molar-refractivity contribution is 0.414. The third-order valence-corrected chi connectivity index (χ3v) is 5.30. The summed E-state index contributed by atoms with van der Waals surface area (Å²) in [6.07, 6.45) is 4.58. The molecule has 0 saturated carbocycles. The Morgan fingerprint density at radius 2 is 2.00 bits per heavy atom. The van der Waals surface area contributed by atoms with Crippen LogP contribution in [-0.2, 0) is 10.0 Å². The number of anilines is 1. The summed E-state index contributed by atoms with van der Waals surface area (Å²) in [4.78, 5) is 7.94. The first-order chi connectivity index (χ1) is 8.43. The topological polar surface area (TPSA) is 75.2 Å². The van der Waals surface area contributed by atoms with Gasteiger partial charge in [-0.2, -0.15) is 16.1 Å². The van der Waals surface area contributed by atoms with Crippen molar-refractivity contribution in [3.05, 3.63) is 12.4 Å². The van der Waals surface area contributed by atoms with Crippen LogP contribution in [0.15, 0.2) is 17.3 Å². The molecule has 0 radical (unpaired) electrons. The van der Waals surface area contributed by atoms with Crippen LogP contribution in [0.3, 0.4) is 0 Å². The molecule has 0 aliphatic carbocycles. The maximum Gasteiger partial charge on any atom is 0.246 e. The zero-order valence-electron chi connectivity index (χ0n) is 10.9. The first-order valence-corrected chi connectivity index (χ1v) is 8.23. The second-order valence-electron chi connectivity index (χ2n) is 3.82. The summed E-state index contributed by atoms with van der Waals surface area (Å²) in [7, 11) is -0.270. The van der Waals surface area contributed by atoms with Crippen LogP contribution in [0.5, 0.6) is 0 Å². The number of hydrogen-bond acceptors (Lipinski definition) is 6. The molecule has 1 rings (SSSR count). The second-order valence-corrected chi connectivity index (χ2v) is 6.73. The van der Waals surface area contributed by atoms with Crippen molar-refractivity contribution >= 4 is 27.7 Å². The summed E-state index contributed by atoms with van der Waals surface area (Å²) in [5.74, 6) is 1.14. The minimum atomic E-state index is -3.52. The number of nitrogens with one attached hydrogen (secondary N) is 1. The van der Waals surface area contributed by atoms with Gasteiger partial charge in [-0.3, -0.25) is 0 Å². The van der Waals surface area contributed by atoms with E-state index in [4.69, 9.17) is 0 Å². The summed E-state index contributed by atoms with van der Waals surface area (Å²) >= 11 is 1.61. The van der Waals surface area contributed by atoms with Crippen LogP contribution in [-0.4, -0.2) is 54.8 Å². The highest BCUT2D eigenvalue weighted by Gasteiger charge is 2.25. The fourth-order valence-corrected chi connectivity index (χ4v) is 3.38. The Kier molecular flexibility index (Phi) is 5.36. The normalized spacial score (nSPS) is 13.6. The average molecular weight is 290 g/mol. The van der Waals surface area contributed by atoms with Gasteiger partial charge in [0.15, 0.2) is 0 Å². The quantitative estimate of drug-likeness (QED) is 0.838. The zero-order valence-corrected chi connectivity index (χ0v) is 12.5. The Morgan fingerprint density at radius 1 is 1.44 bits per heavy atom. The maximum absolute atomic E-state index is 12.3. The van der Waals surface area contributed by atoms with Crippen molar-refractivity contribution in [3.63, 3.8) is 0 Å². The molecule has 1 aromatic heterocycles. The van der Waals surface area contributed by atoms with Gasteiger partial charge in [-0.05, 0) is 13.2 Å². The van der Waals surface area contributed by atoms with Gasteiger partial charge in [0.25, 0.3) is 0 Å². The lowest BCUT2D eigenvalue weighted by atomic mass is 10.4. The van der Waals surface area contributed by atoms with Gasteiger partial charge in [0.2, 0.25) is 16.0 Å². The first-order valence-electron chi connectivity index (χ1n) is 5.40.